The maximum absolute atomic E-state index is 12.9. The highest BCUT2D eigenvalue weighted by Gasteiger charge is 2.56. The molecule has 4 rings (SSSR count). The van der Waals surface area contributed by atoms with Crippen LogP contribution in [0.5, 0.6) is 0 Å². The molecule has 4 heterocycles. The second kappa shape index (κ2) is 6.30. The van der Waals surface area contributed by atoms with Crippen molar-refractivity contribution >= 4 is 11.9 Å². The largest absolute Gasteiger partial charge is 0.347 e. The third-order valence-electron chi connectivity index (χ3n) is 5.99. The van der Waals surface area contributed by atoms with E-state index in [1.165, 1.54) is 0 Å². The Labute approximate surface area is 159 Å². The van der Waals surface area contributed by atoms with Crippen LogP contribution in [0, 0.1) is 19.3 Å². The summed E-state index contributed by atoms with van der Waals surface area (Å²) in [6, 6.07) is 2.02. The van der Waals surface area contributed by atoms with E-state index in [0.717, 1.165) is 49.1 Å². The zero-order valence-electron chi connectivity index (χ0n) is 16.7. The summed E-state index contributed by atoms with van der Waals surface area (Å²) in [6.07, 6.45) is 1.83. The molecule has 8 nitrogen and oxygen atoms in total. The zero-order chi connectivity index (χ0) is 19.3. The molecule has 2 aliphatic heterocycles. The first-order chi connectivity index (χ1) is 12.8. The summed E-state index contributed by atoms with van der Waals surface area (Å²) in [5.74, 6) is 1.05. The van der Waals surface area contributed by atoms with Crippen molar-refractivity contribution in [1.82, 2.24) is 30.0 Å². The zero-order valence-corrected chi connectivity index (χ0v) is 16.7. The molecule has 2 fully saturated rings. The van der Waals surface area contributed by atoms with Crippen molar-refractivity contribution in [2.24, 2.45) is 5.41 Å². The molecule has 0 aromatic carbocycles. The minimum absolute atomic E-state index is 0.0208. The molecule has 1 atom stereocenters. The van der Waals surface area contributed by atoms with Gasteiger partial charge in [-0.15, -0.1) is 0 Å². The third-order valence-corrected chi connectivity index (χ3v) is 5.99. The first-order valence-corrected chi connectivity index (χ1v) is 9.30. The highest BCUT2D eigenvalue weighted by atomic mass is 16.2. The van der Waals surface area contributed by atoms with Gasteiger partial charge in [0, 0.05) is 69.1 Å². The first kappa shape index (κ1) is 17.9. The van der Waals surface area contributed by atoms with Gasteiger partial charge in [-0.1, -0.05) is 0 Å². The van der Waals surface area contributed by atoms with E-state index in [2.05, 4.69) is 27.1 Å². The molecule has 0 bridgehead atoms. The van der Waals surface area contributed by atoms with Crippen LogP contribution in [0.25, 0.3) is 0 Å². The Balaban J connectivity index is 1.55. The number of nitrogens with zero attached hydrogens (tertiary/aromatic N) is 6. The topological polar surface area (TPSA) is 81.2 Å². The van der Waals surface area contributed by atoms with E-state index in [0.29, 0.717) is 11.6 Å². The van der Waals surface area contributed by atoms with Gasteiger partial charge in [-0.2, -0.15) is 5.10 Å². The van der Waals surface area contributed by atoms with Gasteiger partial charge < -0.3 is 14.7 Å². The van der Waals surface area contributed by atoms with Crippen LogP contribution < -0.4 is 4.90 Å². The van der Waals surface area contributed by atoms with Crippen LogP contribution in [0.4, 0.5) is 5.95 Å². The SMILES string of the molecule is Cc1[nH]nc(C(=O)N2CC3(CN(C)CC3c3ccnc(N(C)C)n3)C2)c1C. The van der Waals surface area contributed by atoms with E-state index in [9.17, 15) is 4.79 Å². The number of hydrogen-bond donors (Lipinski definition) is 1. The number of anilines is 1. The summed E-state index contributed by atoms with van der Waals surface area (Å²) in [5, 5.41) is 7.12. The number of carbonyl (C=O) groups excluding carboxylic acids is 1. The number of nitrogens with one attached hydrogen (secondary N) is 1. The number of H-pyrrole nitrogens is 1. The fraction of sp³-hybridized carbons (Fsp3) is 0.579. The van der Waals surface area contributed by atoms with Gasteiger partial charge in [-0.25, -0.2) is 9.97 Å². The average molecular weight is 369 g/mol. The quantitative estimate of drug-likeness (QED) is 0.871. The predicted octanol–water partition coefficient (Wildman–Crippen LogP) is 1.05. The van der Waals surface area contributed by atoms with Crippen molar-refractivity contribution in [2.45, 2.75) is 19.8 Å². The van der Waals surface area contributed by atoms with E-state index in [4.69, 9.17) is 4.98 Å². The van der Waals surface area contributed by atoms with Crippen LogP contribution in [-0.4, -0.2) is 83.2 Å². The van der Waals surface area contributed by atoms with Crippen LogP contribution in [0.1, 0.15) is 33.4 Å². The standard InChI is InChI=1S/C19H27N7O/c1-12-13(2)22-23-16(12)17(27)26-10-19(11-26)9-25(5)8-14(19)15-6-7-20-18(21-15)24(3)4/h6-7,14H,8-11H2,1-5H3,(H,22,23). The van der Waals surface area contributed by atoms with Crippen molar-refractivity contribution < 1.29 is 4.79 Å². The molecular weight excluding hydrogens is 342 g/mol. The lowest BCUT2D eigenvalue weighted by molar-refractivity contribution is 0.00304. The van der Waals surface area contributed by atoms with E-state index in [-0.39, 0.29) is 11.3 Å². The van der Waals surface area contributed by atoms with Crippen LogP contribution in [0.2, 0.25) is 0 Å². The predicted molar refractivity (Wildman–Crippen MR) is 103 cm³/mol. The lowest BCUT2D eigenvalue weighted by atomic mass is 9.70. The molecule has 1 amide bonds. The smallest absolute Gasteiger partial charge is 0.274 e. The van der Waals surface area contributed by atoms with Crippen LogP contribution >= 0.6 is 0 Å². The molecule has 2 saturated heterocycles. The molecule has 1 unspecified atom stereocenters. The molecule has 0 aliphatic carbocycles. The van der Waals surface area contributed by atoms with Gasteiger partial charge >= 0.3 is 0 Å². The van der Waals surface area contributed by atoms with Crippen molar-refractivity contribution in [3.63, 3.8) is 0 Å². The molecular formula is C19H27N7O. The highest BCUT2D eigenvalue weighted by Crippen LogP contribution is 2.48. The van der Waals surface area contributed by atoms with Crippen molar-refractivity contribution in [1.29, 1.82) is 0 Å². The van der Waals surface area contributed by atoms with Gasteiger partial charge in [0.05, 0.1) is 5.69 Å². The van der Waals surface area contributed by atoms with Gasteiger partial charge in [0.2, 0.25) is 5.95 Å². The molecule has 1 N–H and O–H groups in total. The Hall–Kier alpha value is -2.48. The summed E-state index contributed by atoms with van der Waals surface area (Å²) in [7, 11) is 6.04. The third kappa shape index (κ3) is 2.88. The van der Waals surface area contributed by atoms with Crippen LogP contribution in [0.3, 0.4) is 0 Å². The minimum Gasteiger partial charge on any atom is -0.347 e. The Morgan fingerprint density at radius 2 is 2.04 bits per heavy atom. The Kier molecular flexibility index (Phi) is 4.18. The number of likely N-dealkylation sites (N-methyl/N-ethyl adjacent to an activating group) is 1. The van der Waals surface area contributed by atoms with Crippen molar-refractivity contribution in [3.05, 3.63) is 34.9 Å². The Morgan fingerprint density at radius 3 is 2.67 bits per heavy atom. The molecule has 0 saturated carbocycles. The van der Waals surface area contributed by atoms with E-state index < -0.39 is 0 Å². The summed E-state index contributed by atoms with van der Waals surface area (Å²) in [6.45, 7) is 7.29. The number of aryl methyl sites for hydroxylation is 1. The first-order valence-electron chi connectivity index (χ1n) is 9.30. The molecule has 144 valence electrons. The number of amides is 1. The fourth-order valence-electron chi connectivity index (χ4n) is 4.42. The van der Waals surface area contributed by atoms with E-state index in [1.807, 2.05) is 50.0 Å². The minimum atomic E-state index is 0.0208. The van der Waals surface area contributed by atoms with E-state index in [1.54, 1.807) is 0 Å². The summed E-state index contributed by atoms with van der Waals surface area (Å²) >= 11 is 0. The van der Waals surface area contributed by atoms with Crippen molar-refractivity contribution in [2.75, 3.05) is 52.2 Å². The van der Waals surface area contributed by atoms with Gasteiger partial charge in [-0.05, 0) is 27.0 Å². The highest BCUT2D eigenvalue weighted by molar-refractivity contribution is 5.94. The summed E-state index contributed by atoms with van der Waals surface area (Å²) in [5.41, 5.74) is 3.55. The lowest BCUT2D eigenvalue weighted by Gasteiger charge is -2.50. The molecule has 2 aromatic rings. The molecule has 8 heteroatoms. The fourth-order valence-corrected chi connectivity index (χ4v) is 4.42. The Bertz CT molecular complexity index is 869. The van der Waals surface area contributed by atoms with Gasteiger partial charge in [0.1, 0.15) is 0 Å². The lowest BCUT2D eigenvalue weighted by Crippen LogP contribution is -2.61. The van der Waals surface area contributed by atoms with Crippen LogP contribution in [-0.2, 0) is 0 Å². The number of aromatic nitrogens is 4. The average Bonchev–Trinajstić information content (AvgIpc) is 3.13. The van der Waals surface area contributed by atoms with Crippen molar-refractivity contribution in [3.8, 4) is 0 Å². The summed E-state index contributed by atoms with van der Waals surface area (Å²) < 4.78 is 0. The maximum Gasteiger partial charge on any atom is 0.274 e. The van der Waals surface area contributed by atoms with Gasteiger partial charge in [-0.3, -0.25) is 9.89 Å². The monoisotopic (exact) mass is 369 g/mol. The maximum atomic E-state index is 12.9. The number of hydrogen-bond acceptors (Lipinski definition) is 6. The molecule has 1 spiro atoms. The Morgan fingerprint density at radius 1 is 1.30 bits per heavy atom. The van der Waals surface area contributed by atoms with Crippen LogP contribution in [0.15, 0.2) is 12.3 Å². The van der Waals surface area contributed by atoms with Gasteiger partial charge in [0.25, 0.3) is 5.91 Å². The molecule has 0 radical (unpaired) electrons. The normalized spacial score (nSPS) is 21.5. The number of likely N-dealkylation sites (tertiary alicyclic amines) is 2. The molecule has 27 heavy (non-hydrogen) atoms. The van der Waals surface area contributed by atoms with E-state index >= 15 is 0 Å². The molecule has 2 aromatic heterocycles. The summed E-state index contributed by atoms with van der Waals surface area (Å²) in [4.78, 5) is 28.2. The second-order valence-electron chi connectivity index (χ2n) is 8.27. The number of rotatable bonds is 3. The van der Waals surface area contributed by atoms with Gasteiger partial charge in [0.15, 0.2) is 5.69 Å². The number of aromatic amines is 1. The second-order valence-corrected chi connectivity index (χ2v) is 8.27. The molecule has 2 aliphatic rings. The number of carbonyl (C=O) groups is 1.